The molecule has 13 rings (SSSR count). The zero-order valence-corrected chi connectivity index (χ0v) is 34.3. The van der Waals surface area contributed by atoms with Crippen molar-refractivity contribution in [2.75, 3.05) is 4.90 Å². The molecule has 0 fully saturated rings. The predicted octanol–water partition coefficient (Wildman–Crippen LogP) is 17.0. The van der Waals surface area contributed by atoms with Crippen molar-refractivity contribution in [1.29, 1.82) is 0 Å². The van der Waals surface area contributed by atoms with Crippen LogP contribution in [0, 0.1) is 0 Å². The van der Waals surface area contributed by atoms with Gasteiger partial charge in [-0.3, -0.25) is 0 Å². The van der Waals surface area contributed by atoms with Gasteiger partial charge in [-0.2, -0.15) is 0 Å². The van der Waals surface area contributed by atoms with E-state index >= 15 is 0 Å². The number of aromatic nitrogens is 1. The molecule has 0 saturated heterocycles. The minimum absolute atomic E-state index is 0.859. The van der Waals surface area contributed by atoms with Crippen molar-refractivity contribution in [1.82, 2.24) is 4.57 Å². The van der Waals surface area contributed by atoms with Crippen LogP contribution in [0.3, 0.4) is 0 Å². The molecule has 10 aromatic carbocycles. The number of anilines is 3. The number of hydrogen-bond acceptors (Lipinski definition) is 3. The highest BCUT2D eigenvalue weighted by Crippen LogP contribution is 2.49. The first-order chi connectivity index (χ1) is 30.8. The summed E-state index contributed by atoms with van der Waals surface area (Å²) in [6, 6.07) is 79.0. The smallest absolute Gasteiger partial charge is 0.159 e. The van der Waals surface area contributed by atoms with E-state index in [1.165, 1.54) is 58.3 Å². The minimum atomic E-state index is 0.859. The standard InChI is InChI=1S/C58H36N2OS/c1-3-14-38(15-4-1)44-21-11-22-47-48-23-12-25-51(58(48)61-57(44)47)59(50-24-13-27-54-55(50)49-20-9-10-26-53(49)62-54)42-32-28-37(29-33-42)40-31-34-45-46-35-30-39-16-7-8-19-43(39)56(46)60(52(45)36-40)41-17-5-2-6-18-41/h1-36H. The lowest BCUT2D eigenvalue weighted by Crippen LogP contribution is -2.10. The van der Waals surface area contributed by atoms with E-state index in [2.05, 4.69) is 228 Å². The molecular formula is C58H36N2OS. The summed E-state index contributed by atoms with van der Waals surface area (Å²) < 4.78 is 12.0. The van der Waals surface area contributed by atoms with Gasteiger partial charge in [-0.05, 0) is 76.7 Å². The molecule has 0 amide bonds. The quantitative estimate of drug-likeness (QED) is 0.167. The maximum absolute atomic E-state index is 7.07. The largest absolute Gasteiger partial charge is 0.453 e. The van der Waals surface area contributed by atoms with E-state index in [4.69, 9.17) is 4.42 Å². The third kappa shape index (κ3) is 5.30. The highest BCUT2D eigenvalue weighted by molar-refractivity contribution is 7.26. The van der Waals surface area contributed by atoms with Gasteiger partial charge in [0.15, 0.2) is 5.58 Å². The van der Waals surface area contributed by atoms with E-state index in [1.54, 1.807) is 0 Å². The van der Waals surface area contributed by atoms with Crippen molar-refractivity contribution < 1.29 is 4.42 Å². The maximum atomic E-state index is 7.07. The average molecular weight is 809 g/mol. The Bertz CT molecular complexity index is 3860. The zero-order chi connectivity index (χ0) is 40.7. The van der Waals surface area contributed by atoms with Crippen LogP contribution in [-0.2, 0) is 0 Å². The van der Waals surface area contributed by atoms with E-state index in [-0.39, 0.29) is 0 Å². The molecule has 0 bridgehead atoms. The Hall–Kier alpha value is -7.92. The Morgan fingerprint density at radius 2 is 1.05 bits per heavy atom. The highest BCUT2D eigenvalue weighted by Gasteiger charge is 2.24. The molecule has 0 unspecified atom stereocenters. The van der Waals surface area contributed by atoms with E-state index in [9.17, 15) is 0 Å². The second kappa shape index (κ2) is 13.8. The molecule has 0 aliphatic carbocycles. The Labute approximate surface area is 361 Å². The van der Waals surface area contributed by atoms with Gasteiger partial charge >= 0.3 is 0 Å². The summed E-state index contributed by atoms with van der Waals surface area (Å²) in [5.41, 5.74) is 13.0. The molecule has 62 heavy (non-hydrogen) atoms. The number of thiophene rings is 1. The minimum Gasteiger partial charge on any atom is -0.453 e. The number of benzene rings is 10. The second-order valence-corrected chi connectivity index (χ2v) is 17.1. The first-order valence-electron chi connectivity index (χ1n) is 21.1. The summed E-state index contributed by atoms with van der Waals surface area (Å²) in [6.07, 6.45) is 0. The van der Waals surface area contributed by atoms with Crippen molar-refractivity contribution in [3.63, 3.8) is 0 Å². The van der Waals surface area contributed by atoms with Crippen LogP contribution in [0.4, 0.5) is 17.1 Å². The lowest BCUT2D eigenvalue weighted by Gasteiger charge is -2.26. The van der Waals surface area contributed by atoms with E-state index in [1.807, 2.05) is 11.3 Å². The molecule has 3 heterocycles. The molecule has 0 spiro atoms. The number of para-hydroxylation sites is 3. The average Bonchev–Trinajstić information content (AvgIpc) is 4.03. The molecular weight excluding hydrogens is 773 g/mol. The molecule has 4 heteroatoms. The van der Waals surface area contributed by atoms with Gasteiger partial charge in [-0.25, -0.2) is 0 Å². The van der Waals surface area contributed by atoms with Crippen LogP contribution in [0.5, 0.6) is 0 Å². The predicted molar refractivity (Wildman–Crippen MR) is 264 cm³/mol. The SMILES string of the molecule is c1ccc(-c2cccc3c2oc2c(N(c4ccc(-c5ccc6c7ccc8ccccc8c7n(-c7ccccc7)c6c5)cc4)c4cccc5sc6ccccc6c45)cccc23)cc1. The molecule has 13 aromatic rings. The molecule has 0 aliphatic heterocycles. The number of rotatable bonds is 6. The molecule has 0 radical (unpaired) electrons. The van der Waals surface area contributed by atoms with E-state index < -0.39 is 0 Å². The second-order valence-electron chi connectivity index (χ2n) is 16.0. The van der Waals surface area contributed by atoms with Crippen LogP contribution >= 0.6 is 11.3 Å². The Morgan fingerprint density at radius 1 is 0.403 bits per heavy atom. The molecule has 0 atom stereocenters. The van der Waals surface area contributed by atoms with Crippen LogP contribution < -0.4 is 4.90 Å². The molecule has 0 N–H and O–H groups in total. The van der Waals surface area contributed by atoms with Crippen molar-refractivity contribution in [3.05, 3.63) is 218 Å². The number of fused-ring (bicyclic) bond motifs is 11. The Morgan fingerprint density at radius 3 is 1.90 bits per heavy atom. The fourth-order valence-corrected chi connectivity index (χ4v) is 10.9. The normalized spacial score (nSPS) is 11.9. The third-order valence-electron chi connectivity index (χ3n) is 12.6. The number of nitrogens with zero attached hydrogens (tertiary/aromatic N) is 2. The van der Waals surface area contributed by atoms with Gasteiger partial charge in [0.05, 0.1) is 22.4 Å². The van der Waals surface area contributed by atoms with Gasteiger partial charge < -0.3 is 13.9 Å². The summed E-state index contributed by atoms with van der Waals surface area (Å²) in [4.78, 5) is 2.40. The van der Waals surface area contributed by atoms with Gasteiger partial charge in [0, 0.05) is 64.0 Å². The van der Waals surface area contributed by atoms with E-state index in [0.717, 1.165) is 61.4 Å². The lowest BCUT2D eigenvalue weighted by atomic mass is 10.0. The van der Waals surface area contributed by atoms with Crippen molar-refractivity contribution in [2.45, 2.75) is 0 Å². The van der Waals surface area contributed by atoms with Crippen LogP contribution in [0.2, 0.25) is 0 Å². The van der Waals surface area contributed by atoms with Crippen LogP contribution in [-0.4, -0.2) is 4.57 Å². The summed E-state index contributed by atoms with van der Waals surface area (Å²) in [7, 11) is 0. The summed E-state index contributed by atoms with van der Waals surface area (Å²) in [5.74, 6) is 0. The first-order valence-corrected chi connectivity index (χ1v) is 21.9. The van der Waals surface area contributed by atoms with Gasteiger partial charge in [-0.1, -0.05) is 164 Å². The first kappa shape index (κ1) is 34.9. The van der Waals surface area contributed by atoms with Crippen LogP contribution in [0.15, 0.2) is 223 Å². The highest BCUT2D eigenvalue weighted by atomic mass is 32.1. The molecule has 0 aliphatic rings. The fourth-order valence-electron chi connectivity index (χ4n) is 9.78. The van der Waals surface area contributed by atoms with Crippen molar-refractivity contribution in [3.8, 4) is 27.9 Å². The van der Waals surface area contributed by atoms with Crippen molar-refractivity contribution in [2.24, 2.45) is 0 Å². The van der Waals surface area contributed by atoms with Crippen LogP contribution in [0.25, 0.3) is 103 Å². The monoisotopic (exact) mass is 808 g/mol. The Kier molecular flexibility index (Phi) is 7.78. The zero-order valence-electron chi connectivity index (χ0n) is 33.5. The maximum Gasteiger partial charge on any atom is 0.159 e. The van der Waals surface area contributed by atoms with Gasteiger partial charge in [-0.15, -0.1) is 11.3 Å². The van der Waals surface area contributed by atoms with Gasteiger partial charge in [0.2, 0.25) is 0 Å². The summed E-state index contributed by atoms with van der Waals surface area (Å²) in [6.45, 7) is 0. The van der Waals surface area contributed by atoms with Crippen molar-refractivity contribution >= 4 is 103 Å². The third-order valence-corrected chi connectivity index (χ3v) is 13.7. The lowest BCUT2D eigenvalue weighted by molar-refractivity contribution is 0.670. The summed E-state index contributed by atoms with van der Waals surface area (Å²) in [5, 5.41) is 9.67. The fraction of sp³-hybridized carbons (Fsp3) is 0. The van der Waals surface area contributed by atoms with Gasteiger partial charge in [0.25, 0.3) is 0 Å². The molecule has 290 valence electrons. The molecule has 3 nitrogen and oxygen atoms in total. The number of furan rings is 1. The van der Waals surface area contributed by atoms with E-state index in [0.29, 0.717) is 0 Å². The van der Waals surface area contributed by atoms with Crippen LogP contribution in [0.1, 0.15) is 0 Å². The molecule has 3 aromatic heterocycles. The summed E-state index contributed by atoms with van der Waals surface area (Å²) >= 11 is 1.84. The molecule has 0 saturated carbocycles. The topological polar surface area (TPSA) is 21.3 Å². The van der Waals surface area contributed by atoms with Gasteiger partial charge in [0.1, 0.15) is 5.58 Å². The number of hydrogen-bond donors (Lipinski definition) is 0. The Balaban J connectivity index is 1.01.